The van der Waals surface area contributed by atoms with E-state index in [1.165, 1.54) is 11.1 Å². The summed E-state index contributed by atoms with van der Waals surface area (Å²) in [6.45, 7) is 2.73. The molecule has 0 bridgehead atoms. The van der Waals surface area contributed by atoms with Crippen LogP contribution >= 0.6 is 0 Å². The minimum absolute atomic E-state index is 0.0757. The fraction of sp³-hybridized carbons (Fsp3) is 0.278. The molecule has 1 aliphatic rings. The van der Waals surface area contributed by atoms with E-state index in [9.17, 15) is 4.79 Å². The van der Waals surface area contributed by atoms with Crippen LogP contribution in [0.1, 0.15) is 28.4 Å². The summed E-state index contributed by atoms with van der Waals surface area (Å²) in [5, 5.41) is 0. The summed E-state index contributed by atoms with van der Waals surface area (Å²) in [5.41, 5.74) is 9.75. The molecule has 2 aromatic rings. The van der Waals surface area contributed by atoms with Crippen molar-refractivity contribution in [3.8, 4) is 0 Å². The van der Waals surface area contributed by atoms with Crippen LogP contribution in [0.4, 0.5) is 5.69 Å². The normalized spacial score (nSPS) is 16.9. The molecule has 3 nitrogen and oxygen atoms in total. The van der Waals surface area contributed by atoms with Gasteiger partial charge in [0, 0.05) is 17.3 Å². The van der Waals surface area contributed by atoms with Gasteiger partial charge in [-0.3, -0.25) is 4.79 Å². The standard InChI is InChI=1S/C18H20N2O/c1-13-12-16-4-2-3-5-17(16)20(13)18(21)15-8-6-14(7-9-15)10-11-19/h2-9,13H,10-12,19H2,1H3. The van der Waals surface area contributed by atoms with Crippen LogP contribution in [0, 0.1) is 0 Å². The van der Waals surface area contributed by atoms with Gasteiger partial charge in [-0.2, -0.15) is 0 Å². The summed E-state index contributed by atoms with van der Waals surface area (Å²) in [5.74, 6) is 0.0757. The van der Waals surface area contributed by atoms with Gasteiger partial charge in [0.25, 0.3) is 5.91 Å². The van der Waals surface area contributed by atoms with Gasteiger partial charge < -0.3 is 10.6 Å². The predicted molar refractivity (Wildman–Crippen MR) is 85.6 cm³/mol. The van der Waals surface area contributed by atoms with Crippen molar-refractivity contribution < 1.29 is 4.79 Å². The van der Waals surface area contributed by atoms with Crippen LogP contribution in [0.3, 0.4) is 0 Å². The SMILES string of the molecule is CC1Cc2ccccc2N1C(=O)c1ccc(CCN)cc1. The number of anilines is 1. The smallest absolute Gasteiger partial charge is 0.258 e. The lowest BCUT2D eigenvalue weighted by Gasteiger charge is -2.23. The summed E-state index contributed by atoms with van der Waals surface area (Å²) >= 11 is 0. The van der Waals surface area contributed by atoms with Gasteiger partial charge in [0.05, 0.1) is 0 Å². The number of carbonyl (C=O) groups excluding carboxylic acids is 1. The summed E-state index contributed by atoms with van der Waals surface area (Å²) in [6.07, 6.45) is 1.77. The number of amides is 1. The molecule has 0 radical (unpaired) electrons. The maximum atomic E-state index is 12.8. The summed E-state index contributed by atoms with van der Waals surface area (Å²) < 4.78 is 0. The zero-order valence-corrected chi connectivity index (χ0v) is 12.3. The molecule has 0 spiro atoms. The maximum Gasteiger partial charge on any atom is 0.258 e. The van der Waals surface area contributed by atoms with Crippen LogP contribution < -0.4 is 10.6 Å². The lowest BCUT2D eigenvalue weighted by Crippen LogP contribution is -2.35. The van der Waals surface area contributed by atoms with Gasteiger partial charge in [0.15, 0.2) is 0 Å². The molecule has 2 N–H and O–H groups in total. The van der Waals surface area contributed by atoms with Crippen molar-refractivity contribution in [2.24, 2.45) is 5.73 Å². The van der Waals surface area contributed by atoms with E-state index in [4.69, 9.17) is 5.73 Å². The first-order valence-corrected chi connectivity index (χ1v) is 7.41. The molecule has 3 rings (SSSR count). The van der Waals surface area contributed by atoms with Crippen LogP contribution in [0.25, 0.3) is 0 Å². The van der Waals surface area contributed by atoms with E-state index in [2.05, 4.69) is 13.0 Å². The third-order valence-electron chi connectivity index (χ3n) is 4.06. The van der Waals surface area contributed by atoms with Crippen LogP contribution in [-0.2, 0) is 12.8 Å². The average molecular weight is 280 g/mol. The van der Waals surface area contributed by atoms with Crippen molar-refractivity contribution in [3.05, 3.63) is 65.2 Å². The number of nitrogens with zero attached hydrogens (tertiary/aromatic N) is 1. The Kier molecular flexibility index (Phi) is 3.76. The third kappa shape index (κ3) is 2.57. The Morgan fingerprint density at radius 2 is 1.90 bits per heavy atom. The maximum absolute atomic E-state index is 12.8. The van der Waals surface area contributed by atoms with E-state index in [0.717, 1.165) is 24.1 Å². The molecule has 0 fully saturated rings. The number of rotatable bonds is 3. The minimum atomic E-state index is 0.0757. The van der Waals surface area contributed by atoms with Gasteiger partial charge in [-0.05, 0) is 55.6 Å². The molecular formula is C18H20N2O. The summed E-state index contributed by atoms with van der Waals surface area (Å²) in [7, 11) is 0. The number of nitrogens with two attached hydrogens (primary N) is 1. The number of benzene rings is 2. The molecule has 0 aromatic heterocycles. The topological polar surface area (TPSA) is 46.3 Å². The largest absolute Gasteiger partial charge is 0.330 e. The number of hydrogen-bond donors (Lipinski definition) is 1. The fourth-order valence-electron chi connectivity index (χ4n) is 2.99. The van der Waals surface area contributed by atoms with Crippen molar-refractivity contribution >= 4 is 11.6 Å². The molecule has 0 saturated carbocycles. The second kappa shape index (κ2) is 5.70. The molecule has 108 valence electrons. The zero-order chi connectivity index (χ0) is 14.8. The first-order valence-electron chi connectivity index (χ1n) is 7.41. The van der Waals surface area contributed by atoms with Gasteiger partial charge >= 0.3 is 0 Å². The molecule has 1 heterocycles. The van der Waals surface area contributed by atoms with E-state index >= 15 is 0 Å². The van der Waals surface area contributed by atoms with Crippen molar-refractivity contribution in [2.75, 3.05) is 11.4 Å². The molecule has 21 heavy (non-hydrogen) atoms. The Hall–Kier alpha value is -2.13. The Bertz CT molecular complexity index is 649. The summed E-state index contributed by atoms with van der Waals surface area (Å²) in [4.78, 5) is 14.7. The number of fused-ring (bicyclic) bond motifs is 1. The van der Waals surface area contributed by atoms with Crippen LogP contribution in [-0.4, -0.2) is 18.5 Å². The minimum Gasteiger partial charge on any atom is -0.330 e. The van der Waals surface area contributed by atoms with Crippen LogP contribution in [0.5, 0.6) is 0 Å². The molecule has 2 aromatic carbocycles. The van der Waals surface area contributed by atoms with E-state index < -0.39 is 0 Å². The molecule has 3 heteroatoms. The fourth-order valence-corrected chi connectivity index (χ4v) is 2.99. The molecule has 1 atom stereocenters. The second-order valence-corrected chi connectivity index (χ2v) is 5.59. The summed E-state index contributed by atoms with van der Waals surface area (Å²) in [6, 6.07) is 16.1. The highest BCUT2D eigenvalue weighted by Gasteiger charge is 2.30. The second-order valence-electron chi connectivity index (χ2n) is 5.59. The highest BCUT2D eigenvalue weighted by Crippen LogP contribution is 2.33. The number of carbonyl (C=O) groups is 1. The van der Waals surface area contributed by atoms with E-state index in [-0.39, 0.29) is 11.9 Å². The molecule has 1 unspecified atom stereocenters. The van der Waals surface area contributed by atoms with Crippen LogP contribution in [0.2, 0.25) is 0 Å². The Morgan fingerprint density at radius 3 is 2.62 bits per heavy atom. The van der Waals surface area contributed by atoms with Crippen molar-refractivity contribution in [1.82, 2.24) is 0 Å². The average Bonchev–Trinajstić information content (AvgIpc) is 2.83. The number of para-hydroxylation sites is 1. The Labute approximate surface area is 125 Å². The number of hydrogen-bond acceptors (Lipinski definition) is 2. The Morgan fingerprint density at radius 1 is 1.19 bits per heavy atom. The first kappa shape index (κ1) is 13.8. The highest BCUT2D eigenvalue weighted by atomic mass is 16.2. The van der Waals surface area contributed by atoms with Gasteiger partial charge in [0.1, 0.15) is 0 Å². The van der Waals surface area contributed by atoms with Crippen molar-refractivity contribution in [1.29, 1.82) is 0 Å². The van der Waals surface area contributed by atoms with E-state index in [1.807, 2.05) is 47.4 Å². The van der Waals surface area contributed by atoms with Gasteiger partial charge in [0.2, 0.25) is 0 Å². The predicted octanol–water partition coefficient (Wildman–Crippen LogP) is 2.78. The van der Waals surface area contributed by atoms with Gasteiger partial charge in [-0.15, -0.1) is 0 Å². The Balaban J connectivity index is 1.88. The zero-order valence-electron chi connectivity index (χ0n) is 12.3. The molecule has 1 aliphatic heterocycles. The third-order valence-corrected chi connectivity index (χ3v) is 4.06. The van der Waals surface area contributed by atoms with Gasteiger partial charge in [-0.1, -0.05) is 30.3 Å². The monoisotopic (exact) mass is 280 g/mol. The van der Waals surface area contributed by atoms with Crippen molar-refractivity contribution in [2.45, 2.75) is 25.8 Å². The molecule has 1 amide bonds. The van der Waals surface area contributed by atoms with Crippen molar-refractivity contribution in [3.63, 3.8) is 0 Å². The lowest BCUT2D eigenvalue weighted by atomic mass is 10.1. The highest BCUT2D eigenvalue weighted by molar-refractivity contribution is 6.07. The quantitative estimate of drug-likeness (QED) is 0.939. The van der Waals surface area contributed by atoms with Gasteiger partial charge in [-0.25, -0.2) is 0 Å². The lowest BCUT2D eigenvalue weighted by molar-refractivity contribution is 0.0981. The molecule has 0 aliphatic carbocycles. The molecular weight excluding hydrogens is 260 g/mol. The van der Waals surface area contributed by atoms with E-state index in [0.29, 0.717) is 6.54 Å². The van der Waals surface area contributed by atoms with E-state index in [1.54, 1.807) is 0 Å². The first-order chi connectivity index (χ1) is 10.2. The van der Waals surface area contributed by atoms with Crippen LogP contribution in [0.15, 0.2) is 48.5 Å². The molecule has 0 saturated heterocycles.